The van der Waals surface area contributed by atoms with E-state index in [1.54, 1.807) is 21.1 Å². The Labute approximate surface area is 89.3 Å². The molecule has 0 amide bonds. The number of nitrogens with two attached hydrogens (primary N) is 6. The van der Waals surface area contributed by atoms with Crippen molar-refractivity contribution in [3.05, 3.63) is 0 Å². The van der Waals surface area contributed by atoms with Crippen LogP contribution in [0.3, 0.4) is 0 Å². The molecule has 9 heteroatoms. The highest BCUT2D eigenvalue weighted by molar-refractivity contribution is 5.69. The molecule has 0 radical (unpaired) electrons. The Morgan fingerprint density at radius 3 is 0.600 bits per heavy atom. The van der Waals surface area contributed by atoms with E-state index in [0.717, 1.165) is 0 Å². The molecule has 0 rings (SSSR count). The van der Waals surface area contributed by atoms with Gasteiger partial charge in [-0.3, -0.25) is 49.4 Å². The van der Waals surface area contributed by atoms with Gasteiger partial charge < -0.3 is 0 Å². The highest BCUT2D eigenvalue weighted by Crippen LogP contribution is 0.979. The van der Waals surface area contributed by atoms with Crippen LogP contribution in [0.15, 0.2) is 0 Å². The Morgan fingerprint density at radius 1 is 0.533 bits per heavy atom. The first-order valence-electron chi connectivity index (χ1n) is 3.98. The quantitative estimate of drug-likeness (QED) is 0.144. The molecule has 0 aliphatic heterocycles. The second-order valence-electron chi connectivity index (χ2n) is 2.12. The molecule has 0 unspecified atom stereocenters. The Morgan fingerprint density at radius 2 is 0.600 bits per heavy atom. The van der Waals surface area contributed by atoms with E-state index in [9.17, 15) is 0 Å². The van der Waals surface area contributed by atoms with E-state index >= 15 is 0 Å². The van der Waals surface area contributed by atoms with Crippen LogP contribution in [0.2, 0.25) is 0 Å². The molecule has 0 fully saturated rings. The summed E-state index contributed by atoms with van der Waals surface area (Å²) in [6.07, 6.45) is 0. The van der Waals surface area contributed by atoms with Crippen LogP contribution in [0.4, 0.5) is 0 Å². The summed E-state index contributed by atoms with van der Waals surface area (Å²) < 4.78 is 0. The van der Waals surface area contributed by atoms with E-state index in [4.69, 9.17) is 34.4 Å². The summed E-state index contributed by atoms with van der Waals surface area (Å²) in [4.78, 5) is 7.50. The van der Waals surface area contributed by atoms with Crippen molar-refractivity contribution in [1.29, 1.82) is 0 Å². The summed E-state index contributed by atoms with van der Waals surface area (Å²) in [5.74, 6) is 0.764. The average molecular weight is 222 g/mol. The van der Waals surface area contributed by atoms with Gasteiger partial charge in [0.15, 0.2) is 0 Å². The molecule has 0 bridgehead atoms. The Kier molecular flexibility index (Phi) is 17.7. The predicted octanol–water partition coefficient (Wildman–Crippen LogP) is -9.09. The summed E-state index contributed by atoms with van der Waals surface area (Å²) in [5.41, 5.74) is 29.2. The fourth-order valence-electron chi connectivity index (χ4n) is 0. The van der Waals surface area contributed by atoms with E-state index in [-0.39, 0.29) is 17.9 Å². The van der Waals surface area contributed by atoms with E-state index in [1.165, 1.54) is 0 Å². The molecule has 0 saturated carbocycles. The highest BCUT2D eigenvalue weighted by atomic mass is 15.0. The van der Waals surface area contributed by atoms with Gasteiger partial charge in [0.2, 0.25) is 0 Å². The highest BCUT2D eigenvalue weighted by Gasteiger charge is 1.71. The Bertz CT molecular complexity index is 167. The zero-order chi connectivity index (χ0) is 12.9. The first-order valence-corrected chi connectivity index (χ1v) is 3.98. The van der Waals surface area contributed by atoms with Gasteiger partial charge in [-0.25, -0.2) is 0 Å². The van der Waals surface area contributed by atoms with E-state index < -0.39 is 0 Å². The standard InChI is InChI=1S/3C2H7N3/c3*1-5-2(3)4/h3*1H3,(H4,3,4,5)/p+3. The van der Waals surface area contributed by atoms with Crippen LogP contribution < -0.4 is 49.4 Å². The summed E-state index contributed by atoms with van der Waals surface area (Å²) in [6.45, 7) is 0. The van der Waals surface area contributed by atoms with Crippen LogP contribution in [0.5, 0.6) is 0 Å². The van der Waals surface area contributed by atoms with Crippen LogP contribution in [0, 0.1) is 0 Å². The molecule has 15 heavy (non-hydrogen) atoms. The van der Waals surface area contributed by atoms with Crippen molar-refractivity contribution in [3.63, 3.8) is 0 Å². The molecule has 0 saturated heterocycles. The molecule has 0 aromatic rings. The molecular formula is C6H24N9+3. The summed E-state index contributed by atoms with van der Waals surface area (Å²) >= 11 is 0. The lowest BCUT2D eigenvalue weighted by Crippen LogP contribution is -2.73. The van der Waals surface area contributed by atoms with Gasteiger partial charge >= 0.3 is 17.9 Å². The molecule has 0 aliphatic rings. The molecule has 0 spiro atoms. The van der Waals surface area contributed by atoms with E-state index in [2.05, 4.69) is 15.0 Å². The van der Waals surface area contributed by atoms with Crippen LogP contribution >= 0.6 is 0 Å². The lowest BCUT2D eigenvalue weighted by atomic mass is 11.1. The molecule has 0 aliphatic carbocycles. The summed E-state index contributed by atoms with van der Waals surface area (Å²) in [7, 11) is 4.99. The number of hydrogen-bond donors (Lipinski definition) is 9. The second-order valence-corrected chi connectivity index (χ2v) is 2.12. The van der Waals surface area contributed by atoms with Crippen molar-refractivity contribution in [2.45, 2.75) is 0 Å². The van der Waals surface area contributed by atoms with Crippen LogP contribution in [0.1, 0.15) is 0 Å². The van der Waals surface area contributed by atoms with Gasteiger partial charge in [0.1, 0.15) is 0 Å². The van der Waals surface area contributed by atoms with Gasteiger partial charge in [-0.05, 0) is 0 Å². The molecule has 0 heterocycles. The summed E-state index contributed by atoms with van der Waals surface area (Å²) in [5, 5.41) is 0. The predicted molar refractivity (Wildman–Crippen MR) is 60.8 cm³/mol. The molecule has 0 aromatic carbocycles. The first kappa shape index (κ1) is 18.6. The van der Waals surface area contributed by atoms with Crippen molar-refractivity contribution < 1.29 is 15.0 Å². The molecule has 0 aromatic heterocycles. The SMILES string of the molecule is C[NH+]=C(N)N.C[NH+]=C(N)N.C[NH+]=C(N)N. The number of nitrogens with one attached hydrogen (secondary N) is 3. The third kappa shape index (κ3) is 78.3. The molecule has 90 valence electrons. The van der Waals surface area contributed by atoms with Gasteiger partial charge in [0, 0.05) is 0 Å². The lowest BCUT2D eigenvalue weighted by molar-refractivity contribution is -0.422. The third-order valence-electron chi connectivity index (χ3n) is 0.866. The van der Waals surface area contributed by atoms with Gasteiger partial charge in [0.05, 0.1) is 21.1 Å². The number of guanidine groups is 3. The second kappa shape index (κ2) is 14.3. The normalized spacial score (nSPS) is 6.60. The largest absolute Gasteiger partial charge is 0.338 e. The van der Waals surface area contributed by atoms with Gasteiger partial charge in [-0.1, -0.05) is 0 Å². The number of rotatable bonds is 0. The molecular weight excluding hydrogens is 198 g/mol. The van der Waals surface area contributed by atoms with Crippen LogP contribution in [-0.4, -0.2) is 39.0 Å². The topological polar surface area (TPSA) is 198 Å². The van der Waals surface area contributed by atoms with Crippen molar-refractivity contribution >= 4 is 17.9 Å². The molecule has 15 N–H and O–H groups in total. The minimum absolute atomic E-state index is 0.255. The minimum atomic E-state index is 0.255. The lowest BCUT2D eigenvalue weighted by Gasteiger charge is -1.69. The monoisotopic (exact) mass is 222 g/mol. The zero-order valence-electron chi connectivity index (χ0n) is 9.46. The maximum atomic E-state index is 4.88. The minimum Gasteiger partial charge on any atom is -0.291 e. The van der Waals surface area contributed by atoms with Gasteiger partial charge in [-0.2, -0.15) is 0 Å². The van der Waals surface area contributed by atoms with Gasteiger partial charge in [0.25, 0.3) is 0 Å². The summed E-state index contributed by atoms with van der Waals surface area (Å²) in [6, 6.07) is 0. The Balaban J connectivity index is -0.000000144. The van der Waals surface area contributed by atoms with Crippen LogP contribution in [-0.2, 0) is 0 Å². The van der Waals surface area contributed by atoms with Crippen molar-refractivity contribution in [3.8, 4) is 0 Å². The van der Waals surface area contributed by atoms with Crippen molar-refractivity contribution in [2.75, 3.05) is 21.1 Å². The van der Waals surface area contributed by atoms with E-state index in [1.807, 2.05) is 0 Å². The first-order chi connectivity index (χ1) is 6.81. The van der Waals surface area contributed by atoms with Crippen LogP contribution in [0.25, 0.3) is 0 Å². The van der Waals surface area contributed by atoms with E-state index in [0.29, 0.717) is 0 Å². The molecule has 9 nitrogen and oxygen atoms in total. The average Bonchev–Trinajstić information content (AvgIpc) is 2.19. The fraction of sp³-hybridized carbons (Fsp3) is 0.500. The van der Waals surface area contributed by atoms with Crippen molar-refractivity contribution in [2.24, 2.45) is 34.4 Å². The Hall–Kier alpha value is -2.19. The smallest absolute Gasteiger partial charge is 0.291 e. The fourth-order valence-corrected chi connectivity index (χ4v) is 0. The zero-order valence-corrected chi connectivity index (χ0v) is 9.46. The number of hydrogen-bond acceptors (Lipinski definition) is 0. The maximum absolute atomic E-state index is 4.88. The van der Waals surface area contributed by atoms with Crippen molar-refractivity contribution in [1.82, 2.24) is 0 Å². The van der Waals surface area contributed by atoms with Gasteiger partial charge in [-0.15, -0.1) is 0 Å². The maximum Gasteiger partial charge on any atom is 0.338 e. The third-order valence-corrected chi connectivity index (χ3v) is 0.866. The molecule has 0 atom stereocenters.